The van der Waals surface area contributed by atoms with E-state index in [1.807, 2.05) is 37.5 Å². The fraction of sp³-hybridized carbons (Fsp3) is 0.375. The van der Waals surface area contributed by atoms with Crippen molar-refractivity contribution < 1.29 is 0 Å². The van der Waals surface area contributed by atoms with E-state index in [1.165, 1.54) is 0 Å². The highest BCUT2D eigenvalue weighted by Gasteiger charge is 2.06. The summed E-state index contributed by atoms with van der Waals surface area (Å²) in [6.07, 6.45) is 4.68. The molecule has 4 nitrogen and oxygen atoms in total. The van der Waals surface area contributed by atoms with E-state index in [1.54, 1.807) is 6.20 Å². The van der Waals surface area contributed by atoms with Crippen LogP contribution in [0.15, 0.2) is 36.7 Å². The number of anilines is 1. The third kappa shape index (κ3) is 4.99. The van der Waals surface area contributed by atoms with Crippen LogP contribution < -0.4 is 5.32 Å². The average Bonchev–Trinajstić information content (AvgIpc) is 2.49. The molecular formula is C16H21ClN4. The van der Waals surface area contributed by atoms with Gasteiger partial charge in [0.1, 0.15) is 5.82 Å². The van der Waals surface area contributed by atoms with Gasteiger partial charge in [-0.2, -0.15) is 0 Å². The molecule has 0 radical (unpaired) electrons. The molecule has 112 valence electrons. The molecule has 1 aromatic heterocycles. The highest BCUT2D eigenvalue weighted by atomic mass is 35.5. The van der Waals surface area contributed by atoms with E-state index in [0.717, 1.165) is 48.2 Å². The number of hydrogen-bond acceptors (Lipinski definition) is 4. The van der Waals surface area contributed by atoms with Crippen LogP contribution in [0.25, 0.3) is 0 Å². The minimum absolute atomic E-state index is 0.742. The van der Waals surface area contributed by atoms with Crippen LogP contribution in [-0.4, -0.2) is 28.5 Å². The zero-order chi connectivity index (χ0) is 15.1. The molecule has 0 saturated carbocycles. The third-order valence-electron chi connectivity index (χ3n) is 3.09. The smallest absolute Gasteiger partial charge is 0.144 e. The molecule has 1 aromatic carbocycles. The summed E-state index contributed by atoms with van der Waals surface area (Å²) in [4.78, 5) is 11.0. The second-order valence-corrected chi connectivity index (χ2v) is 5.49. The molecule has 0 unspecified atom stereocenters. The summed E-state index contributed by atoms with van der Waals surface area (Å²) < 4.78 is 0. The molecule has 0 aliphatic carbocycles. The Kier molecular flexibility index (Phi) is 5.96. The minimum atomic E-state index is 0.742. The number of benzene rings is 1. The van der Waals surface area contributed by atoms with Crippen molar-refractivity contribution >= 4 is 17.4 Å². The molecule has 2 aromatic rings. The van der Waals surface area contributed by atoms with Gasteiger partial charge in [0.05, 0.1) is 18.1 Å². The summed E-state index contributed by atoms with van der Waals surface area (Å²) in [5.41, 5.74) is 2.07. The quantitative estimate of drug-likeness (QED) is 0.849. The Labute approximate surface area is 131 Å². The lowest BCUT2D eigenvalue weighted by atomic mass is 10.2. The molecule has 0 saturated heterocycles. The van der Waals surface area contributed by atoms with Crippen LogP contribution in [0.2, 0.25) is 5.02 Å². The maximum atomic E-state index is 6.18. The lowest BCUT2D eigenvalue weighted by molar-refractivity contribution is 0.314. The molecule has 0 bridgehead atoms. The number of aromatic nitrogens is 2. The molecule has 0 aliphatic rings. The van der Waals surface area contributed by atoms with Gasteiger partial charge in [0.15, 0.2) is 0 Å². The first-order valence-corrected chi connectivity index (χ1v) is 7.53. The first-order valence-electron chi connectivity index (χ1n) is 7.15. The Morgan fingerprint density at radius 2 is 1.95 bits per heavy atom. The van der Waals surface area contributed by atoms with Gasteiger partial charge in [0, 0.05) is 24.7 Å². The number of nitrogens with zero attached hydrogens (tertiary/aromatic N) is 3. The SMILES string of the molecule is CCCNc1cnc(CN(C)Cc2ccccc2Cl)cn1. The van der Waals surface area contributed by atoms with Crippen molar-refractivity contribution in [1.29, 1.82) is 0 Å². The zero-order valence-corrected chi connectivity index (χ0v) is 13.3. The molecule has 0 spiro atoms. The van der Waals surface area contributed by atoms with Crippen molar-refractivity contribution in [3.05, 3.63) is 52.9 Å². The van der Waals surface area contributed by atoms with E-state index in [2.05, 4.69) is 27.1 Å². The maximum absolute atomic E-state index is 6.18. The second-order valence-electron chi connectivity index (χ2n) is 5.08. The van der Waals surface area contributed by atoms with Crippen LogP contribution in [0.3, 0.4) is 0 Å². The predicted molar refractivity (Wildman–Crippen MR) is 87.4 cm³/mol. The van der Waals surface area contributed by atoms with Gasteiger partial charge in [0.25, 0.3) is 0 Å². The number of halogens is 1. The fourth-order valence-electron chi connectivity index (χ4n) is 2.03. The topological polar surface area (TPSA) is 41.1 Å². The van der Waals surface area contributed by atoms with Crippen LogP contribution in [0, 0.1) is 0 Å². The average molecular weight is 305 g/mol. The highest BCUT2D eigenvalue weighted by molar-refractivity contribution is 6.31. The molecule has 1 N–H and O–H groups in total. The molecule has 1 heterocycles. The van der Waals surface area contributed by atoms with Crippen molar-refractivity contribution in [3.8, 4) is 0 Å². The van der Waals surface area contributed by atoms with Crippen molar-refractivity contribution in [2.24, 2.45) is 0 Å². The van der Waals surface area contributed by atoms with E-state index in [-0.39, 0.29) is 0 Å². The van der Waals surface area contributed by atoms with E-state index in [4.69, 9.17) is 11.6 Å². The summed E-state index contributed by atoms with van der Waals surface area (Å²) in [6, 6.07) is 7.91. The van der Waals surface area contributed by atoms with Crippen LogP contribution >= 0.6 is 11.6 Å². The Morgan fingerprint density at radius 1 is 1.14 bits per heavy atom. The molecule has 0 aliphatic heterocycles. The van der Waals surface area contributed by atoms with Crippen LogP contribution in [0.4, 0.5) is 5.82 Å². The fourth-order valence-corrected chi connectivity index (χ4v) is 2.23. The van der Waals surface area contributed by atoms with Gasteiger partial charge in [0.2, 0.25) is 0 Å². The van der Waals surface area contributed by atoms with E-state index in [0.29, 0.717) is 0 Å². The predicted octanol–water partition coefficient (Wildman–Crippen LogP) is 3.58. The highest BCUT2D eigenvalue weighted by Crippen LogP contribution is 2.17. The van der Waals surface area contributed by atoms with Gasteiger partial charge in [-0.1, -0.05) is 36.7 Å². The Balaban J connectivity index is 1.90. The number of hydrogen-bond donors (Lipinski definition) is 1. The monoisotopic (exact) mass is 304 g/mol. The Morgan fingerprint density at radius 3 is 2.62 bits per heavy atom. The van der Waals surface area contributed by atoms with Gasteiger partial charge >= 0.3 is 0 Å². The normalized spacial score (nSPS) is 10.9. The van der Waals surface area contributed by atoms with Crippen molar-refractivity contribution in [2.75, 3.05) is 18.9 Å². The van der Waals surface area contributed by atoms with Crippen molar-refractivity contribution in [2.45, 2.75) is 26.4 Å². The first kappa shape index (κ1) is 15.7. The molecule has 0 amide bonds. The molecule has 21 heavy (non-hydrogen) atoms. The summed E-state index contributed by atoms with van der Waals surface area (Å²) in [7, 11) is 2.05. The second kappa shape index (κ2) is 7.96. The summed E-state index contributed by atoms with van der Waals surface area (Å²) >= 11 is 6.18. The van der Waals surface area contributed by atoms with E-state index >= 15 is 0 Å². The lowest BCUT2D eigenvalue weighted by Crippen LogP contribution is -2.18. The first-order chi connectivity index (χ1) is 10.2. The lowest BCUT2D eigenvalue weighted by Gasteiger charge is -2.17. The van der Waals surface area contributed by atoms with Gasteiger partial charge in [-0.05, 0) is 25.1 Å². The van der Waals surface area contributed by atoms with Gasteiger partial charge in [-0.3, -0.25) is 9.88 Å². The molecular weight excluding hydrogens is 284 g/mol. The third-order valence-corrected chi connectivity index (χ3v) is 3.46. The van der Waals surface area contributed by atoms with Crippen molar-refractivity contribution in [3.63, 3.8) is 0 Å². The summed E-state index contributed by atoms with van der Waals surface area (Å²) in [6.45, 7) is 4.57. The van der Waals surface area contributed by atoms with Crippen LogP contribution in [0.1, 0.15) is 24.6 Å². The van der Waals surface area contributed by atoms with Gasteiger partial charge in [-0.25, -0.2) is 4.98 Å². The minimum Gasteiger partial charge on any atom is -0.369 e. The Bertz CT molecular complexity index is 556. The zero-order valence-electron chi connectivity index (χ0n) is 12.5. The van der Waals surface area contributed by atoms with Gasteiger partial charge in [-0.15, -0.1) is 0 Å². The number of nitrogens with one attached hydrogen (secondary N) is 1. The molecule has 5 heteroatoms. The molecule has 2 rings (SSSR count). The molecule has 0 atom stereocenters. The van der Waals surface area contributed by atoms with Gasteiger partial charge < -0.3 is 5.32 Å². The van der Waals surface area contributed by atoms with Crippen LogP contribution in [-0.2, 0) is 13.1 Å². The van der Waals surface area contributed by atoms with Crippen LogP contribution in [0.5, 0.6) is 0 Å². The number of rotatable bonds is 7. The van der Waals surface area contributed by atoms with E-state index < -0.39 is 0 Å². The van der Waals surface area contributed by atoms with E-state index in [9.17, 15) is 0 Å². The standard InChI is InChI=1S/C16H21ClN4/c1-3-8-18-16-10-19-14(9-20-16)12-21(2)11-13-6-4-5-7-15(13)17/h4-7,9-10H,3,8,11-12H2,1-2H3,(H,18,20). The summed E-state index contributed by atoms with van der Waals surface area (Å²) in [5.74, 6) is 0.828. The maximum Gasteiger partial charge on any atom is 0.144 e. The summed E-state index contributed by atoms with van der Waals surface area (Å²) in [5, 5.41) is 4.02. The largest absolute Gasteiger partial charge is 0.369 e. The van der Waals surface area contributed by atoms with Crippen molar-refractivity contribution in [1.82, 2.24) is 14.9 Å². The molecule has 0 fully saturated rings. The Hall–Kier alpha value is -1.65.